The monoisotopic (exact) mass is 526 g/mol. The number of aromatic nitrogens is 5. The molecule has 1 saturated heterocycles. The lowest BCUT2D eigenvalue weighted by Gasteiger charge is -2.35. The van der Waals surface area contributed by atoms with Gasteiger partial charge in [-0.05, 0) is 62.0 Å². The first-order valence-electron chi connectivity index (χ1n) is 12.2. The molecule has 2 aromatic carbocycles. The van der Waals surface area contributed by atoms with Crippen LogP contribution in [-0.4, -0.2) is 62.4 Å². The Hall–Kier alpha value is -4.06. The summed E-state index contributed by atoms with van der Waals surface area (Å²) in [5.74, 6) is -1.10. The number of aryl methyl sites for hydroxylation is 1. The number of benzene rings is 2. The highest BCUT2D eigenvalue weighted by Crippen LogP contribution is 2.29. The maximum Gasteiger partial charge on any atom is 0.453 e. The fourth-order valence-corrected chi connectivity index (χ4v) is 4.38. The fraction of sp³-hybridized carbons (Fsp3) is 0.308. The smallest absolute Gasteiger partial charge is 0.369 e. The largest absolute Gasteiger partial charge is 0.453 e. The van der Waals surface area contributed by atoms with Crippen molar-refractivity contribution in [2.24, 2.45) is 0 Å². The van der Waals surface area contributed by atoms with E-state index in [9.17, 15) is 17.6 Å². The molecule has 0 bridgehead atoms. The van der Waals surface area contributed by atoms with Crippen LogP contribution >= 0.6 is 0 Å². The number of nitrogens with zero attached hydrogens (tertiary/aromatic N) is 7. The first-order valence-corrected chi connectivity index (χ1v) is 12.2. The number of hydrogen-bond acceptors (Lipinski definition) is 7. The van der Waals surface area contributed by atoms with Crippen molar-refractivity contribution < 1.29 is 17.6 Å². The van der Waals surface area contributed by atoms with E-state index < -0.39 is 12.0 Å². The summed E-state index contributed by atoms with van der Waals surface area (Å²) >= 11 is 0. The molecule has 0 radical (unpaired) electrons. The van der Waals surface area contributed by atoms with Gasteiger partial charge in [-0.2, -0.15) is 13.2 Å². The van der Waals surface area contributed by atoms with Gasteiger partial charge in [-0.15, -0.1) is 5.10 Å². The molecule has 1 aliphatic rings. The predicted molar refractivity (Wildman–Crippen MR) is 136 cm³/mol. The number of rotatable bonds is 6. The van der Waals surface area contributed by atoms with E-state index in [-0.39, 0.29) is 11.6 Å². The van der Waals surface area contributed by atoms with Crippen LogP contribution in [0.2, 0.25) is 0 Å². The van der Waals surface area contributed by atoms with Gasteiger partial charge in [-0.25, -0.2) is 24.0 Å². The van der Waals surface area contributed by atoms with Gasteiger partial charge in [0.1, 0.15) is 11.6 Å². The minimum absolute atomic E-state index is 0.121. The van der Waals surface area contributed by atoms with E-state index in [1.54, 1.807) is 42.6 Å². The Morgan fingerprint density at radius 3 is 2.32 bits per heavy atom. The van der Waals surface area contributed by atoms with Crippen LogP contribution in [0.5, 0.6) is 0 Å². The highest BCUT2D eigenvalue weighted by Gasteiger charge is 2.36. The molecule has 1 fully saturated rings. The normalized spacial score (nSPS) is 14.6. The molecule has 3 heterocycles. The van der Waals surface area contributed by atoms with Crippen molar-refractivity contribution in [1.29, 1.82) is 0 Å². The molecule has 0 atom stereocenters. The van der Waals surface area contributed by atoms with E-state index in [0.29, 0.717) is 28.6 Å². The maximum atomic E-state index is 14.6. The summed E-state index contributed by atoms with van der Waals surface area (Å²) < 4.78 is 54.5. The van der Waals surface area contributed by atoms with Gasteiger partial charge >= 0.3 is 6.18 Å². The van der Waals surface area contributed by atoms with Crippen molar-refractivity contribution in [3.63, 3.8) is 0 Å². The number of likely N-dealkylation sites (N-methyl/N-ethyl adjacent to an activating group) is 1. The SMILES string of the molecule is CCN1CCN(c2cc(F)cc(-c3ccnc(Nc4ccc(-n5nc(C(F)(F)F)nc5C)cc4)n3)c2)CC1. The lowest BCUT2D eigenvalue weighted by atomic mass is 10.1. The highest BCUT2D eigenvalue weighted by atomic mass is 19.4. The first kappa shape index (κ1) is 25.6. The number of nitrogens with one attached hydrogen (secondary N) is 1. The molecule has 0 amide bonds. The van der Waals surface area contributed by atoms with Crippen molar-refractivity contribution in [1.82, 2.24) is 29.6 Å². The number of alkyl halides is 3. The van der Waals surface area contributed by atoms with Gasteiger partial charge in [0.05, 0.1) is 11.4 Å². The summed E-state index contributed by atoms with van der Waals surface area (Å²) in [6.45, 7) is 8.11. The second kappa shape index (κ2) is 10.4. The standard InChI is InChI=1S/C26H26F4N8/c1-3-36-10-12-37(13-11-36)22-15-18(14-19(27)16-22)23-8-9-31-25(34-23)33-20-4-6-21(7-5-20)38-17(2)32-24(35-38)26(28,29)30/h4-9,14-16H,3,10-13H2,1-2H3,(H,31,33,34). The lowest BCUT2D eigenvalue weighted by molar-refractivity contribution is -0.144. The lowest BCUT2D eigenvalue weighted by Crippen LogP contribution is -2.46. The Bertz CT molecular complexity index is 1410. The van der Waals surface area contributed by atoms with Crippen LogP contribution in [0.3, 0.4) is 0 Å². The van der Waals surface area contributed by atoms with E-state index in [2.05, 4.69) is 42.1 Å². The minimum Gasteiger partial charge on any atom is -0.369 e. The van der Waals surface area contributed by atoms with Crippen LogP contribution < -0.4 is 10.2 Å². The van der Waals surface area contributed by atoms with Gasteiger partial charge in [0, 0.05) is 49.3 Å². The summed E-state index contributed by atoms with van der Waals surface area (Å²) in [6.07, 6.45) is -3.03. The zero-order valence-corrected chi connectivity index (χ0v) is 20.9. The minimum atomic E-state index is -4.62. The molecule has 8 nitrogen and oxygen atoms in total. The molecule has 0 saturated carbocycles. The first-order chi connectivity index (χ1) is 18.2. The molecule has 1 aliphatic heterocycles. The summed E-state index contributed by atoms with van der Waals surface area (Å²) in [5, 5.41) is 6.65. The number of hydrogen-bond donors (Lipinski definition) is 1. The zero-order chi connectivity index (χ0) is 26.9. The van der Waals surface area contributed by atoms with E-state index >= 15 is 0 Å². The summed E-state index contributed by atoms with van der Waals surface area (Å²) in [4.78, 5) is 16.8. The molecule has 38 heavy (non-hydrogen) atoms. The topological polar surface area (TPSA) is 75.0 Å². The molecule has 12 heteroatoms. The van der Waals surface area contributed by atoms with Crippen LogP contribution in [0, 0.1) is 12.7 Å². The summed E-state index contributed by atoms with van der Waals surface area (Å²) in [6, 6.07) is 13.2. The van der Waals surface area contributed by atoms with Gasteiger partial charge in [0.25, 0.3) is 5.82 Å². The van der Waals surface area contributed by atoms with Gasteiger partial charge in [0.2, 0.25) is 5.95 Å². The third-order valence-electron chi connectivity index (χ3n) is 6.41. The molecule has 5 rings (SSSR count). The second-order valence-corrected chi connectivity index (χ2v) is 8.95. The van der Waals surface area contributed by atoms with Crippen molar-refractivity contribution >= 4 is 17.3 Å². The molecule has 0 spiro atoms. The molecular weight excluding hydrogens is 500 g/mol. The molecule has 1 N–H and O–H groups in total. The fourth-order valence-electron chi connectivity index (χ4n) is 4.38. The molecule has 2 aromatic heterocycles. The highest BCUT2D eigenvalue weighted by molar-refractivity contribution is 5.67. The third kappa shape index (κ3) is 5.59. The Kier molecular flexibility index (Phi) is 6.98. The third-order valence-corrected chi connectivity index (χ3v) is 6.41. The van der Waals surface area contributed by atoms with Crippen LogP contribution in [0.4, 0.5) is 34.9 Å². The molecule has 4 aromatic rings. The van der Waals surface area contributed by atoms with Crippen molar-refractivity contribution in [2.45, 2.75) is 20.0 Å². The van der Waals surface area contributed by atoms with Crippen LogP contribution in [0.15, 0.2) is 54.7 Å². The molecule has 0 aliphatic carbocycles. The Labute approximate surface area is 217 Å². The molecule has 0 unspecified atom stereocenters. The molecule has 198 valence electrons. The van der Waals surface area contributed by atoms with Gasteiger partial charge in [-0.3, -0.25) is 0 Å². The predicted octanol–water partition coefficient (Wildman–Crippen LogP) is 5.08. The maximum absolute atomic E-state index is 14.6. The van der Waals surface area contributed by atoms with Crippen LogP contribution in [0.1, 0.15) is 18.6 Å². The Balaban J connectivity index is 1.33. The summed E-state index contributed by atoms with van der Waals surface area (Å²) in [5.41, 5.74) is 3.06. The zero-order valence-electron chi connectivity index (χ0n) is 20.9. The van der Waals surface area contributed by atoms with Gasteiger partial charge in [0.15, 0.2) is 0 Å². The quantitative estimate of drug-likeness (QED) is 0.352. The van der Waals surface area contributed by atoms with Gasteiger partial charge < -0.3 is 15.1 Å². The Morgan fingerprint density at radius 2 is 1.66 bits per heavy atom. The van der Waals surface area contributed by atoms with E-state index in [1.165, 1.54) is 13.0 Å². The average molecular weight is 527 g/mol. The van der Waals surface area contributed by atoms with Crippen LogP contribution in [0.25, 0.3) is 16.9 Å². The number of anilines is 3. The van der Waals surface area contributed by atoms with Crippen molar-refractivity contribution in [3.05, 3.63) is 72.2 Å². The summed E-state index contributed by atoms with van der Waals surface area (Å²) in [7, 11) is 0. The van der Waals surface area contributed by atoms with E-state index in [4.69, 9.17) is 0 Å². The second-order valence-electron chi connectivity index (χ2n) is 8.95. The molecular formula is C26H26F4N8. The number of halogens is 4. The van der Waals surface area contributed by atoms with Gasteiger partial charge in [-0.1, -0.05) is 6.92 Å². The van der Waals surface area contributed by atoms with Crippen molar-refractivity contribution in [3.8, 4) is 16.9 Å². The number of piperazine rings is 1. The van der Waals surface area contributed by atoms with E-state index in [0.717, 1.165) is 43.1 Å². The Morgan fingerprint density at radius 1 is 0.921 bits per heavy atom. The van der Waals surface area contributed by atoms with Crippen molar-refractivity contribution in [2.75, 3.05) is 42.9 Å². The van der Waals surface area contributed by atoms with Crippen LogP contribution in [-0.2, 0) is 6.18 Å². The average Bonchev–Trinajstić information content (AvgIpc) is 3.31. The van der Waals surface area contributed by atoms with E-state index in [1.807, 2.05) is 6.07 Å².